The van der Waals surface area contributed by atoms with Crippen LogP contribution in [0.3, 0.4) is 0 Å². The van der Waals surface area contributed by atoms with E-state index in [1.807, 2.05) is 60.7 Å². The molecule has 0 atom stereocenters. The van der Waals surface area contributed by atoms with Crippen LogP contribution in [0.25, 0.3) is 0 Å². The van der Waals surface area contributed by atoms with Gasteiger partial charge in [-0.1, -0.05) is 67.1 Å². The van der Waals surface area contributed by atoms with Crippen molar-refractivity contribution in [1.82, 2.24) is 0 Å². The maximum Gasteiger partial charge on any atom is 0.338 e. The summed E-state index contributed by atoms with van der Waals surface area (Å²) >= 11 is 0. The highest BCUT2D eigenvalue weighted by Gasteiger charge is 2.12. The number of aliphatic hydroxyl groups is 1. The molecule has 1 N–H and O–H groups in total. The van der Waals surface area contributed by atoms with E-state index in [-0.39, 0.29) is 6.61 Å². The van der Waals surface area contributed by atoms with E-state index < -0.39 is 5.97 Å². The largest absolute Gasteiger partial charge is 0.491 e. The van der Waals surface area contributed by atoms with Crippen LogP contribution >= 0.6 is 0 Å². The number of hydrogen-bond donors (Lipinski definition) is 1. The van der Waals surface area contributed by atoms with Gasteiger partial charge in [-0.2, -0.15) is 0 Å². The Morgan fingerprint density at radius 1 is 0.605 bits per heavy atom. The van der Waals surface area contributed by atoms with Crippen molar-refractivity contribution in [3.05, 3.63) is 95.6 Å². The van der Waals surface area contributed by atoms with Gasteiger partial charge in [0.1, 0.15) is 24.7 Å². The maximum absolute atomic E-state index is 12.7. The van der Waals surface area contributed by atoms with Crippen molar-refractivity contribution in [3.8, 4) is 11.5 Å². The lowest BCUT2D eigenvalue weighted by atomic mass is 10.2. The van der Waals surface area contributed by atoms with Crippen molar-refractivity contribution >= 4 is 5.97 Å². The van der Waals surface area contributed by atoms with E-state index >= 15 is 0 Å². The fourth-order valence-corrected chi connectivity index (χ4v) is 3.64. The molecule has 38 heavy (non-hydrogen) atoms. The predicted molar refractivity (Wildman–Crippen MR) is 145 cm³/mol. The third kappa shape index (κ3) is 11.8. The maximum atomic E-state index is 12.7. The Morgan fingerprint density at radius 3 is 1.66 bits per heavy atom. The summed E-state index contributed by atoms with van der Waals surface area (Å²) in [5.74, 6) is 0.583. The Balaban J connectivity index is 1.49. The molecule has 0 aromatic heterocycles. The monoisotopic (exact) mass is 522 g/mol. The zero-order valence-corrected chi connectivity index (χ0v) is 21.9. The summed E-state index contributed by atoms with van der Waals surface area (Å²) in [5, 5.41) is 8.87. The van der Waals surface area contributed by atoms with Gasteiger partial charge >= 0.3 is 5.97 Å². The second-order valence-electron chi connectivity index (χ2n) is 8.74. The molecule has 0 aliphatic heterocycles. The summed E-state index contributed by atoms with van der Waals surface area (Å²) in [7, 11) is 0. The van der Waals surface area contributed by atoms with E-state index in [1.165, 1.54) is 0 Å². The molecule has 0 aliphatic rings. The van der Waals surface area contributed by atoms with Gasteiger partial charge in [0.15, 0.2) is 0 Å². The third-order valence-electron chi connectivity index (χ3n) is 5.62. The number of carbonyl (C=O) groups is 1. The molecule has 0 saturated carbocycles. The van der Waals surface area contributed by atoms with E-state index in [1.54, 1.807) is 18.2 Å². The molecule has 3 rings (SSSR count). The summed E-state index contributed by atoms with van der Waals surface area (Å²) < 4.78 is 28.5. The first-order valence-corrected chi connectivity index (χ1v) is 13.2. The van der Waals surface area contributed by atoms with Crippen molar-refractivity contribution < 1.29 is 33.6 Å². The Hall–Kier alpha value is -3.39. The van der Waals surface area contributed by atoms with Crippen LogP contribution in [0.15, 0.2) is 78.9 Å². The number of esters is 1. The summed E-state index contributed by atoms with van der Waals surface area (Å²) in [6, 6.07) is 24.9. The number of aliphatic hydroxyl groups excluding tert-OH is 1. The first-order chi connectivity index (χ1) is 18.7. The molecule has 7 nitrogen and oxygen atoms in total. The average molecular weight is 523 g/mol. The first-order valence-electron chi connectivity index (χ1n) is 13.2. The average Bonchev–Trinajstić information content (AvgIpc) is 2.95. The van der Waals surface area contributed by atoms with E-state index in [4.69, 9.17) is 28.8 Å². The predicted octanol–water partition coefficient (Wildman–Crippen LogP) is 5.59. The topological polar surface area (TPSA) is 83.5 Å². The van der Waals surface area contributed by atoms with Crippen LogP contribution in [-0.2, 0) is 27.4 Å². The normalized spacial score (nSPS) is 10.8. The molecule has 3 aromatic rings. The number of rotatable bonds is 19. The summed E-state index contributed by atoms with van der Waals surface area (Å²) in [5.41, 5.74) is 2.56. The molecule has 0 bridgehead atoms. The minimum Gasteiger partial charge on any atom is -0.491 e. The minimum absolute atomic E-state index is 0.184. The smallest absolute Gasteiger partial charge is 0.338 e. The second-order valence-corrected chi connectivity index (χ2v) is 8.74. The highest BCUT2D eigenvalue weighted by atomic mass is 16.5. The van der Waals surface area contributed by atoms with E-state index in [9.17, 15) is 4.79 Å². The van der Waals surface area contributed by atoms with Crippen LogP contribution in [0.4, 0.5) is 0 Å². The highest BCUT2D eigenvalue weighted by molar-refractivity contribution is 5.90. The van der Waals surface area contributed by atoms with Crippen molar-refractivity contribution in [2.45, 2.75) is 38.9 Å². The van der Waals surface area contributed by atoms with Crippen molar-refractivity contribution in [2.24, 2.45) is 0 Å². The molecular weight excluding hydrogens is 484 g/mol. The standard InChI is InChI=1S/C31H38O7/c32-15-9-1-2-10-16-38-31(33)28-21-29(36-19-17-34-24-26-11-5-3-6-12-26)23-30(22-28)37-20-18-35-25-27-13-7-4-8-14-27/h3-8,11-14,21-23,32H,1-2,9-10,15-20,24-25H2. The van der Waals surface area contributed by atoms with Gasteiger partial charge in [-0.25, -0.2) is 4.79 Å². The summed E-state index contributed by atoms with van der Waals surface area (Å²) in [4.78, 5) is 12.7. The minimum atomic E-state index is -0.428. The van der Waals surface area contributed by atoms with Crippen molar-refractivity contribution in [3.63, 3.8) is 0 Å². The number of ether oxygens (including phenoxy) is 5. The molecule has 0 amide bonds. The summed E-state index contributed by atoms with van der Waals surface area (Å²) in [6.07, 6.45) is 3.33. The van der Waals surface area contributed by atoms with Crippen LogP contribution < -0.4 is 9.47 Å². The van der Waals surface area contributed by atoms with Gasteiger partial charge in [0.2, 0.25) is 0 Å². The molecule has 0 saturated heterocycles. The van der Waals surface area contributed by atoms with Crippen LogP contribution in [0.2, 0.25) is 0 Å². The van der Waals surface area contributed by atoms with E-state index in [0.29, 0.717) is 63.3 Å². The first kappa shape index (κ1) is 29.2. The molecule has 3 aromatic carbocycles. The van der Waals surface area contributed by atoms with Crippen LogP contribution in [0.1, 0.15) is 47.2 Å². The van der Waals surface area contributed by atoms with Gasteiger partial charge in [-0.3, -0.25) is 0 Å². The van der Waals surface area contributed by atoms with Gasteiger partial charge in [-0.05, 0) is 42.5 Å². The fraction of sp³-hybridized carbons (Fsp3) is 0.387. The lowest BCUT2D eigenvalue weighted by molar-refractivity contribution is 0.0495. The highest BCUT2D eigenvalue weighted by Crippen LogP contribution is 2.24. The van der Waals surface area contributed by atoms with Gasteiger partial charge in [0.25, 0.3) is 0 Å². The number of carbonyl (C=O) groups excluding carboxylic acids is 1. The molecule has 0 fully saturated rings. The lowest BCUT2D eigenvalue weighted by Crippen LogP contribution is -2.11. The van der Waals surface area contributed by atoms with E-state index in [2.05, 4.69) is 0 Å². The fourth-order valence-electron chi connectivity index (χ4n) is 3.64. The zero-order valence-electron chi connectivity index (χ0n) is 21.9. The van der Waals surface area contributed by atoms with E-state index in [0.717, 1.165) is 36.8 Å². The Morgan fingerprint density at radius 2 is 1.13 bits per heavy atom. The quantitative estimate of drug-likeness (QED) is 0.162. The van der Waals surface area contributed by atoms with Gasteiger partial charge in [-0.15, -0.1) is 0 Å². The molecular formula is C31H38O7. The zero-order chi connectivity index (χ0) is 26.7. The molecule has 7 heteroatoms. The molecule has 0 spiro atoms. The molecule has 0 heterocycles. The molecule has 204 valence electrons. The SMILES string of the molecule is O=C(OCCCCCCO)c1cc(OCCOCc2ccccc2)cc(OCCOCc2ccccc2)c1. The van der Waals surface area contributed by atoms with Crippen LogP contribution in [0.5, 0.6) is 11.5 Å². The number of benzene rings is 3. The Bertz CT molecular complexity index is 973. The van der Waals surface area contributed by atoms with Crippen LogP contribution in [0, 0.1) is 0 Å². The number of unbranched alkanes of at least 4 members (excludes halogenated alkanes) is 3. The summed E-state index contributed by atoms with van der Waals surface area (Å²) in [6.45, 7) is 2.99. The molecule has 0 aliphatic carbocycles. The van der Waals surface area contributed by atoms with Crippen molar-refractivity contribution in [1.29, 1.82) is 0 Å². The van der Waals surface area contributed by atoms with Gasteiger partial charge in [0.05, 0.1) is 38.6 Å². The molecule has 0 unspecified atom stereocenters. The molecule has 0 radical (unpaired) electrons. The second kappa shape index (κ2) is 18.0. The van der Waals surface area contributed by atoms with Crippen LogP contribution in [-0.4, -0.2) is 50.7 Å². The van der Waals surface area contributed by atoms with Gasteiger partial charge < -0.3 is 28.8 Å². The van der Waals surface area contributed by atoms with Gasteiger partial charge in [0, 0.05) is 12.7 Å². The number of hydrogen-bond acceptors (Lipinski definition) is 7. The lowest BCUT2D eigenvalue weighted by Gasteiger charge is -2.13. The Kier molecular flexibility index (Phi) is 13.8. The Labute approximate surface area is 225 Å². The third-order valence-corrected chi connectivity index (χ3v) is 5.62. The van der Waals surface area contributed by atoms with Crippen molar-refractivity contribution in [2.75, 3.05) is 39.6 Å².